The molecule has 0 radical (unpaired) electrons. The molecule has 0 aliphatic heterocycles. The molecule has 1 aromatic heterocycles. The highest BCUT2D eigenvalue weighted by atomic mass is 35.5. The zero-order valence-electron chi connectivity index (χ0n) is 9.29. The van der Waals surface area contributed by atoms with Gasteiger partial charge in [-0.05, 0) is 13.0 Å². The second-order valence-electron chi connectivity index (χ2n) is 3.38. The highest BCUT2D eigenvalue weighted by molar-refractivity contribution is 6.17. The number of nitrogens with one attached hydrogen (secondary N) is 1. The van der Waals surface area contributed by atoms with Crippen molar-refractivity contribution in [1.29, 1.82) is 0 Å². The Balaban J connectivity index is 2.12. The number of aromatic nitrogens is 2. The third-order valence-corrected chi connectivity index (χ3v) is 2.20. The number of nitrogens with zero attached hydrogens (tertiary/aromatic N) is 2. The zero-order valence-corrected chi connectivity index (χ0v) is 10.0. The van der Waals surface area contributed by atoms with E-state index in [0.29, 0.717) is 19.1 Å². The molecule has 0 bridgehead atoms. The van der Waals surface area contributed by atoms with Crippen LogP contribution < -0.4 is 5.32 Å². The molecule has 0 aromatic carbocycles. The fourth-order valence-corrected chi connectivity index (χ4v) is 1.46. The van der Waals surface area contributed by atoms with E-state index in [1.807, 2.05) is 18.7 Å². The Labute approximate surface area is 95.6 Å². The average molecular weight is 232 g/mol. The minimum absolute atomic E-state index is 0.556. The van der Waals surface area contributed by atoms with Gasteiger partial charge in [-0.15, -0.1) is 11.6 Å². The summed E-state index contributed by atoms with van der Waals surface area (Å²) in [5.41, 5.74) is 2.23. The van der Waals surface area contributed by atoms with Crippen molar-refractivity contribution in [2.24, 2.45) is 7.05 Å². The van der Waals surface area contributed by atoms with Crippen molar-refractivity contribution in [2.45, 2.75) is 13.5 Å². The first-order chi connectivity index (χ1) is 7.24. The minimum atomic E-state index is 0.556. The maximum absolute atomic E-state index is 5.48. The molecule has 1 N–H and O–H groups in total. The van der Waals surface area contributed by atoms with E-state index >= 15 is 0 Å². The summed E-state index contributed by atoms with van der Waals surface area (Å²) in [6, 6.07) is 2.08. The van der Waals surface area contributed by atoms with Gasteiger partial charge in [0.25, 0.3) is 0 Å². The predicted octanol–water partition coefficient (Wildman–Crippen LogP) is 1.07. The summed E-state index contributed by atoms with van der Waals surface area (Å²) in [5, 5.41) is 7.55. The van der Waals surface area contributed by atoms with Crippen LogP contribution in [0, 0.1) is 6.92 Å². The molecule has 0 amide bonds. The molecule has 86 valence electrons. The van der Waals surface area contributed by atoms with Gasteiger partial charge in [0.1, 0.15) is 0 Å². The molecule has 0 aliphatic carbocycles. The van der Waals surface area contributed by atoms with Crippen molar-refractivity contribution in [3.63, 3.8) is 0 Å². The SMILES string of the molecule is Cc1cc(CNCCOCCCl)n(C)n1. The minimum Gasteiger partial charge on any atom is -0.379 e. The molecule has 0 atom stereocenters. The molecular formula is C10H18ClN3O. The van der Waals surface area contributed by atoms with Gasteiger partial charge in [-0.3, -0.25) is 4.68 Å². The third-order valence-electron chi connectivity index (χ3n) is 2.05. The quantitative estimate of drug-likeness (QED) is 0.564. The van der Waals surface area contributed by atoms with Crippen molar-refractivity contribution in [1.82, 2.24) is 15.1 Å². The lowest BCUT2D eigenvalue weighted by Gasteiger charge is -2.05. The number of halogens is 1. The first-order valence-electron chi connectivity index (χ1n) is 5.08. The summed E-state index contributed by atoms with van der Waals surface area (Å²) in [4.78, 5) is 0. The molecule has 5 heteroatoms. The fourth-order valence-electron chi connectivity index (χ4n) is 1.35. The van der Waals surface area contributed by atoms with Gasteiger partial charge >= 0.3 is 0 Å². The lowest BCUT2D eigenvalue weighted by Crippen LogP contribution is -2.21. The van der Waals surface area contributed by atoms with Crippen LogP contribution >= 0.6 is 11.6 Å². The van der Waals surface area contributed by atoms with E-state index in [4.69, 9.17) is 16.3 Å². The van der Waals surface area contributed by atoms with Gasteiger partial charge in [0.05, 0.1) is 24.6 Å². The second-order valence-corrected chi connectivity index (χ2v) is 3.76. The van der Waals surface area contributed by atoms with Gasteiger partial charge in [-0.25, -0.2) is 0 Å². The van der Waals surface area contributed by atoms with E-state index in [1.165, 1.54) is 5.69 Å². The lowest BCUT2D eigenvalue weighted by molar-refractivity contribution is 0.150. The topological polar surface area (TPSA) is 39.1 Å². The van der Waals surface area contributed by atoms with Gasteiger partial charge in [0.2, 0.25) is 0 Å². The summed E-state index contributed by atoms with van der Waals surface area (Å²) >= 11 is 5.48. The largest absolute Gasteiger partial charge is 0.379 e. The average Bonchev–Trinajstić information content (AvgIpc) is 2.51. The van der Waals surface area contributed by atoms with E-state index in [1.54, 1.807) is 0 Å². The number of aryl methyl sites for hydroxylation is 2. The Morgan fingerprint density at radius 2 is 2.33 bits per heavy atom. The smallest absolute Gasteiger partial charge is 0.0602 e. The van der Waals surface area contributed by atoms with Crippen LogP contribution in [-0.4, -0.2) is 35.4 Å². The monoisotopic (exact) mass is 231 g/mol. The summed E-state index contributed by atoms with van der Waals surface area (Å²) in [5.74, 6) is 0.556. The maximum atomic E-state index is 5.48. The van der Waals surface area contributed by atoms with E-state index in [-0.39, 0.29) is 0 Å². The standard InChI is InChI=1S/C10H18ClN3O/c1-9-7-10(14(2)13-9)8-12-4-6-15-5-3-11/h7,12H,3-6,8H2,1-2H3. The van der Waals surface area contributed by atoms with Gasteiger partial charge < -0.3 is 10.1 Å². The van der Waals surface area contributed by atoms with Crippen LogP contribution in [0.15, 0.2) is 6.07 Å². The predicted molar refractivity (Wildman–Crippen MR) is 61.2 cm³/mol. The summed E-state index contributed by atoms with van der Waals surface area (Å²) in [7, 11) is 1.95. The first-order valence-corrected chi connectivity index (χ1v) is 5.61. The lowest BCUT2D eigenvalue weighted by atomic mass is 10.3. The van der Waals surface area contributed by atoms with Crippen molar-refractivity contribution in [2.75, 3.05) is 25.6 Å². The highest BCUT2D eigenvalue weighted by Crippen LogP contribution is 2.00. The van der Waals surface area contributed by atoms with Gasteiger partial charge in [-0.1, -0.05) is 0 Å². The molecule has 15 heavy (non-hydrogen) atoms. The van der Waals surface area contributed by atoms with Crippen LogP contribution in [0.3, 0.4) is 0 Å². The number of hydrogen-bond acceptors (Lipinski definition) is 3. The van der Waals surface area contributed by atoms with E-state index in [0.717, 1.165) is 18.8 Å². The normalized spacial score (nSPS) is 10.9. The zero-order chi connectivity index (χ0) is 11.1. The Kier molecular flexibility index (Phi) is 5.68. The van der Waals surface area contributed by atoms with Crippen molar-refractivity contribution in [3.8, 4) is 0 Å². The van der Waals surface area contributed by atoms with Gasteiger partial charge in [0.15, 0.2) is 0 Å². The third kappa shape index (κ3) is 4.64. The first kappa shape index (κ1) is 12.5. The van der Waals surface area contributed by atoms with E-state index in [9.17, 15) is 0 Å². The van der Waals surface area contributed by atoms with Crippen LogP contribution in [0.2, 0.25) is 0 Å². The van der Waals surface area contributed by atoms with Crippen LogP contribution in [0.5, 0.6) is 0 Å². The number of hydrogen-bond donors (Lipinski definition) is 1. The molecule has 1 aromatic rings. The highest BCUT2D eigenvalue weighted by Gasteiger charge is 2.00. The van der Waals surface area contributed by atoms with Crippen LogP contribution in [0.25, 0.3) is 0 Å². The van der Waals surface area contributed by atoms with Gasteiger partial charge in [0, 0.05) is 26.0 Å². The Hall–Kier alpha value is -0.580. The molecule has 0 fully saturated rings. The number of alkyl halides is 1. The van der Waals surface area contributed by atoms with E-state index in [2.05, 4.69) is 16.5 Å². The maximum Gasteiger partial charge on any atom is 0.0602 e. The molecule has 1 heterocycles. The van der Waals surface area contributed by atoms with Crippen molar-refractivity contribution in [3.05, 3.63) is 17.5 Å². The molecule has 1 rings (SSSR count). The van der Waals surface area contributed by atoms with Crippen LogP contribution in [0.4, 0.5) is 0 Å². The van der Waals surface area contributed by atoms with Gasteiger partial charge in [-0.2, -0.15) is 5.10 Å². The number of rotatable bonds is 7. The molecule has 0 spiro atoms. The van der Waals surface area contributed by atoms with Crippen molar-refractivity contribution >= 4 is 11.6 Å². The molecule has 0 unspecified atom stereocenters. The second kappa shape index (κ2) is 6.82. The molecule has 4 nitrogen and oxygen atoms in total. The molecular weight excluding hydrogens is 214 g/mol. The van der Waals surface area contributed by atoms with Crippen LogP contribution in [0.1, 0.15) is 11.4 Å². The molecule has 0 saturated carbocycles. The fraction of sp³-hybridized carbons (Fsp3) is 0.700. The van der Waals surface area contributed by atoms with Crippen LogP contribution in [-0.2, 0) is 18.3 Å². The Morgan fingerprint density at radius 1 is 1.53 bits per heavy atom. The molecule has 0 saturated heterocycles. The summed E-state index contributed by atoms with van der Waals surface area (Å²) in [6.07, 6.45) is 0. The molecule has 0 aliphatic rings. The summed E-state index contributed by atoms with van der Waals surface area (Å²) in [6.45, 7) is 4.97. The Morgan fingerprint density at radius 3 is 2.93 bits per heavy atom. The van der Waals surface area contributed by atoms with Crippen molar-refractivity contribution < 1.29 is 4.74 Å². The number of ether oxygens (including phenoxy) is 1. The van der Waals surface area contributed by atoms with E-state index < -0.39 is 0 Å². The summed E-state index contributed by atoms with van der Waals surface area (Å²) < 4.78 is 7.13. The Bertz CT molecular complexity index is 288.